The first-order valence-electron chi connectivity index (χ1n) is 5.97. The van der Waals surface area contributed by atoms with Crippen LogP contribution >= 0.6 is 15.9 Å². The molecule has 100 valence electrons. The van der Waals surface area contributed by atoms with Gasteiger partial charge < -0.3 is 10.5 Å². The first kappa shape index (κ1) is 14.0. The number of ether oxygens (including phenoxy) is 1. The van der Waals surface area contributed by atoms with Crippen LogP contribution in [0.25, 0.3) is 0 Å². The first-order valence-corrected chi connectivity index (χ1v) is 6.76. The highest BCUT2D eigenvalue weighted by Gasteiger charge is 2.14. The summed E-state index contributed by atoms with van der Waals surface area (Å²) >= 11 is 3.43. The number of aryl methyl sites for hydroxylation is 1. The van der Waals surface area contributed by atoms with Gasteiger partial charge in [-0.15, -0.1) is 0 Å². The summed E-state index contributed by atoms with van der Waals surface area (Å²) in [6.07, 6.45) is 0. The Morgan fingerprint density at radius 2 is 2.00 bits per heavy atom. The van der Waals surface area contributed by atoms with E-state index >= 15 is 0 Å². The van der Waals surface area contributed by atoms with Gasteiger partial charge in [-0.1, -0.05) is 22.0 Å². The molecule has 2 N–H and O–H groups in total. The van der Waals surface area contributed by atoms with Crippen molar-refractivity contribution in [1.82, 2.24) is 0 Å². The van der Waals surface area contributed by atoms with Crippen LogP contribution in [0.3, 0.4) is 0 Å². The Kier molecular flexibility index (Phi) is 4.22. The number of rotatable bonds is 3. The molecule has 19 heavy (non-hydrogen) atoms. The molecule has 0 aliphatic carbocycles. The summed E-state index contributed by atoms with van der Waals surface area (Å²) in [5.41, 5.74) is 7.24. The molecule has 2 nitrogen and oxygen atoms in total. The van der Waals surface area contributed by atoms with Crippen LogP contribution in [0.4, 0.5) is 4.39 Å². The Hall–Kier alpha value is -1.39. The van der Waals surface area contributed by atoms with Crippen molar-refractivity contribution in [2.75, 3.05) is 0 Å². The van der Waals surface area contributed by atoms with E-state index in [0.29, 0.717) is 17.1 Å². The van der Waals surface area contributed by atoms with Crippen molar-refractivity contribution in [3.63, 3.8) is 0 Å². The van der Waals surface area contributed by atoms with Gasteiger partial charge in [0.1, 0.15) is 17.3 Å². The maximum atomic E-state index is 13.8. The standard InChI is InChI=1S/C15H15BrFNO/c1-9-8-11(6-7-12(9)16)19-14-5-3-4-13(17)15(14)10(2)18/h3-8,10H,18H2,1-2H3/t10-/m1/s1. The van der Waals surface area contributed by atoms with Crippen molar-refractivity contribution in [3.05, 3.63) is 57.8 Å². The Morgan fingerprint density at radius 1 is 1.26 bits per heavy atom. The number of hydrogen-bond acceptors (Lipinski definition) is 2. The number of nitrogens with two attached hydrogens (primary N) is 1. The minimum Gasteiger partial charge on any atom is -0.457 e. The molecule has 0 heterocycles. The van der Waals surface area contributed by atoms with Gasteiger partial charge in [0.15, 0.2) is 0 Å². The molecular formula is C15H15BrFNO. The number of hydrogen-bond donors (Lipinski definition) is 1. The molecule has 0 amide bonds. The van der Waals surface area contributed by atoms with E-state index in [2.05, 4.69) is 15.9 Å². The van der Waals surface area contributed by atoms with Crippen molar-refractivity contribution in [1.29, 1.82) is 0 Å². The Balaban J connectivity index is 2.38. The maximum Gasteiger partial charge on any atom is 0.135 e. The van der Waals surface area contributed by atoms with Gasteiger partial charge in [0.2, 0.25) is 0 Å². The molecule has 2 aromatic carbocycles. The van der Waals surface area contributed by atoms with E-state index in [-0.39, 0.29) is 5.82 Å². The van der Waals surface area contributed by atoms with E-state index in [1.54, 1.807) is 19.1 Å². The number of benzene rings is 2. The van der Waals surface area contributed by atoms with E-state index in [9.17, 15) is 4.39 Å². The molecule has 0 bridgehead atoms. The zero-order chi connectivity index (χ0) is 14.0. The lowest BCUT2D eigenvalue weighted by Gasteiger charge is -2.15. The lowest BCUT2D eigenvalue weighted by molar-refractivity contribution is 0.460. The van der Waals surface area contributed by atoms with Crippen LogP contribution in [-0.2, 0) is 0 Å². The Labute approximate surface area is 120 Å². The Morgan fingerprint density at radius 3 is 2.63 bits per heavy atom. The van der Waals surface area contributed by atoms with Gasteiger partial charge >= 0.3 is 0 Å². The van der Waals surface area contributed by atoms with Gasteiger partial charge in [-0.2, -0.15) is 0 Å². The minimum atomic E-state index is -0.423. The summed E-state index contributed by atoms with van der Waals surface area (Å²) in [7, 11) is 0. The van der Waals surface area contributed by atoms with E-state index in [0.717, 1.165) is 10.0 Å². The fourth-order valence-electron chi connectivity index (χ4n) is 1.86. The molecule has 1 atom stereocenters. The lowest BCUT2D eigenvalue weighted by Crippen LogP contribution is -2.09. The van der Waals surface area contributed by atoms with Crippen LogP contribution in [0.15, 0.2) is 40.9 Å². The van der Waals surface area contributed by atoms with Gasteiger partial charge in [-0.25, -0.2) is 4.39 Å². The van der Waals surface area contributed by atoms with Crippen molar-refractivity contribution < 1.29 is 9.13 Å². The predicted molar refractivity (Wildman–Crippen MR) is 78.0 cm³/mol. The second kappa shape index (κ2) is 5.72. The second-order valence-corrected chi connectivity index (χ2v) is 5.31. The predicted octanol–water partition coefficient (Wildman–Crippen LogP) is 4.71. The molecule has 0 aliphatic rings. The molecule has 0 aliphatic heterocycles. The van der Waals surface area contributed by atoms with Gasteiger partial charge in [0.05, 0.1) is 0 Å². The third kappa shape index (κ3) is 3.14. The van der Waals surface area contributed by atoms with Crippen LogP contribution < -0.4 is 10.5 Å². The fourth-order valence-corrected chi connectivity index (χ4v) is 2.10. The highest BCUT2D eigenvalue weighted by atomic mass is 79.9. The third-order valence-corrected chi connectivity index (χ3v) is 3.72. The summed E-state index contributed by atoms with van der Waals surface area (Å²) in [5, 5.41) is 0. The van der Waals surface area contributed by atoms with Gasteiger partial charge in [0, 0.05) is 16.1 Å². The minimum absolute atomic E-state index is 0.346. The van der Waals surface area contributed by atoms with Gasteiger partial charge in [-0.05, 0) is 49.7 Å². The second-order valence-electron chi connectivity index (χ2n) is 4.45. The molecule has 0 fully saturated rings. The quantitative estimate of drug-likeness (QED) is 0.887. The van der Waals surface area contributed by atoms with Gasteiger partial charge in [-0.3, -0.25) is 0 Å². The summed E-state index contributed by atoms with van der Waals surface area (Å²) < 4.78 is 20.5. The molecular weight excluding hydrogens is 309 g/mol. The molecule has 2 aromatic rings. The van der Waals surface area contributed by atoms with Crippen molar-refractivity contribution in [2.24, 2.45) is 5.73 Å². The number of halogens is 2. The smallest absolute Gasteiger partial charge is 0.135 e. The van der Waals surface area contributed by atoms with E-state index in [4.69, 9.17) is 10.5 Å². The zero-order valence-corrected chi connectivity index (χ0v) is 12.4. The van der Waals surface area contributed by atoms with Crippen LogP contribution in [0.5, 0.6) is 11.5 Å². The average molecular weight is 324 g/mol. The monoisotopic (exact) mass is 323 g/mol. The lowest BCUT2D eigenvalue weighted by atomic mass is 10.1. The fraction of sp³-hybridized carbons (Fsp3) is 0.200. The van der Waals surface area contributed by atoms with E-state index in [1.807, 2.05) is 25.1 Å². The summed E-state index contributed by atoms with van der Waals surface area (Å²) in [4.78, 5) is 0. The van der Waals surface area contributed by atoms with E-state index in [1.165, 1.54) is 6.07 Å². The highest BCUT2D eigenvalue weighted by Crippen LogP contribution is 2.32. The third-order valence-electron chi connectivity index (χ3n) is 2.83. The van der Waals surface area contributed by atoms with Crippen molar-refractivity contribution in [2.45, 2.75) is 19.9 Å². The molecule has 0 aromatic heterocycles. The maximum absolute atomic E-state index is 13.8. The highest BCUT2D eigenvalue weighted by molar-refractivity contribution is 9.10. The van der Waals surface area contributed by atoms with Crippen LogP contribution in [0.1, 0.15) is 24.1 Å². The van der Waals surface area contributed by atoms with E-state index < -0.39 is 6.04 Å². The van der Waals surface area contributed by atoms with Crippen LogP contribution in [0.2, 0.25) is 0 Å². The van der Waals surface area contributed by atoms with Crippen LogP contribution in [-0.4, -0.2) is 0 Å². The van der Waals surface area contributed by atoms with Gasteiger partial charge in [0.25, 0.3) is 0 Å². The summed E-state index contributed by atoms with van der Waals surface area (Å²) in [5.74, 6) is 0.770. The normalized spacial score (nSPS) is 12.3. The first-order chi connectivity index (χ1) is 8.99. The van der Waals surface area contributed by atoms with Crippen molar-refractivity contribution >= 4 is 15.9 Å². The molecule has 0 saturated carbocycles. The SMILES string of the molecule is Cc1cc(Oc2cccc(F)c2[C@@H](C)N)ccc1Br. The molecule has 0 unspecified atom stereocenters. The molecule has 0 radical (unpaired) electrons. The molecule has 0 saturated heterocycles. The zero-order valence-electron chi connectivity index (χ0n) is 10.8. The molecule has 2 rings (SSSR count). The molecule has 0 spiro atoms. The van der Waals surface area contributed by atoms with Crippen molar-refractivity contribution in [3.8, 4) is 11.5 Å². The Bertz CT molecular complexity index is 599. The average Bonchev–Trinajstić information content (AvgIpc) is 2.33. The topological polar surface area (TPSA) is 35.2 Å². The molecule has 4 heteroatoms. The summed E-state index contributed by atoms with van der Waals surface area (Å²) in [6, 6.07) is 9.91. The summed E-state index contributed by atoms with van der Waals surface area (Å²) in [6.45, 7) is 3.70. The largest absolute Gasteiger partial charge is 0.457 e. The van der Waals surface area contributed by atoms with Crippen LogP contribution in [0, 0.1) is 12.7 Å².